The summed E-state index contributed by atoms with van der Waals surface area (Å²) >= 11 is 0. The molecule has 254 valence electrons. The average Bonchev–Trinajstić information content (AvgIpc) is 3.35. The summed E-state index contributed by atoms with van der Waals surface area (Å²) in [6.07, 6.45) is -1.55. The first-order valence-electron chi connectivity index (χ1n) is 15.4. The fraction of sp³-hybridized carbons (Fsp3) is 0.576. The molecule has 1 saturated carbocycles. The van der Waals surface area contributed by atoms with Crippen LogP contribution in [0.3, 0.4) is 0 Å². The minimum absolute atomic E-state index is 0.144. The Hall–Kier alpha value is -3.16. The zero-order valence-corrected chi connectivity index (χ0v) is 28.0. The highest BCUT2D eigenvalue weighted by atomic mass is 32.2. The predicted octanol–water partition coefficient (Wildman–Crippen LogP) is 5.72. The van der Waals surface area contributed by atoms with Gasteiger partial charge in [-0.25, -0.2) is 4.72 Å². The summed E-state index contributed by atoms with van der Waals surface area (Å²) in [5.41, 5.74) is -0.801. The molecule has 2 amide bonds. The van der Waals surface area contributed by atoms with Crippen molar-refractivity contribution in [2.75, 3.05) is 21.2 Å². The number of hydrogen-bond acceptors (Lipinski definition) is 6. The number of halogens is 3. The molecule has 2 aromatic rings. The zero-order chi connectivity index (χ0) is 34.0. The van der Waals surface area contributed by atoms with Crippen molar-refractivity contribution in [2.45, 2.75) is 83.8 Å². The Morgan fingerprint density at radius 1 is 1.00 bits per heavy atom. The van der Waals surface area contributed by atoms with Gasteiger partial charge in [0.05, 0.1) is 31.4 Å². The van der Waals surface area contributed by atoms with Gasteiger partial charge in [0.15, 0.2) is 0 Å². The molecule has 46 heavy (non-hydrogen) atoms. The number of carbonyl (C=O) groups excluding carboxylic acids is 2. The van der Waals surface area contributed by atoms with Crippen molar-refractivity contribution in [3.05, 3.63) is 65.2 Å². The fourth-order valence-corrected chi connectivity index (χ4v) is 7.26. The molecule has 2 fully saturated rings. The van der Waals surface area contributed by atoms with Gasteiger partial charge in [-0.2, -0.15) is 25.9 Å². The van der Waals surface area contributed by atoms with Crippen LogP contribution in [0.4, 0.5) is 13.2 Å². The molecule has 0 unspecified atom stereocenters. The Bertz CT molecular complexity index is 1490. The van der Waals surface area contributed by atoms with E-state index in [1.54, 1.807) is 12.1 Å². The molecule has 1 heterocycles. The lowest BCUT2D eigenvalue weighted by Crippen LogP contribution is -2.55. The van der Waals surface area contributed by atoms with E-state index in [-0.39, 0.29) is 29.7 Å². The molecule has 2 aliphatic rings. The lowest BCUT2D eigenvalue weighted by molar-refractivity contribution is -0.145. The van der Waals surface area contributed by atoms with Crippen molar-refractivity contribution in [1.82, 2.24) is 13.9 Å². The lowest BCUT2D eigenvalue weighted by atomic mass is 9.73. The SMILES string of the molecule is COc1ccc(C(F)(F)F)cc1CO[C@H]1[C@H](C(C)(C)C)[C@@H](C(=O)NS(=O)(=O)N(C)C)N(C(=O)C2CCCCC2)[C@H]1c1ccccc1. The molecule has 0 bridgehead atoms. The second kappa shape index (κ2) is 13.9. The van der Waals surface area contributed by atoms with Crippen molar-refractivity contribution >= 4 is 22.0 Å². The Labute approximate surface area is 269 Å². The maximum atomic E-state index is 14.5. The van der Waals surface area contributed by atoms with Crippen LogP contribution in [0.5, 0.6) is 5.75 Å². The van der Waals surface area contributed by atoms with Gasteiger partial charge >= 0.3 is 16.4 Å². The van der Waals surface area contributed by atoms with Gasteiger partial charge in [-0.3, -0.25) is 9.59 Å². The van der Waals surface area contributed by atoms with Gasteiger partial charge in [-0.05, 0) is 42.0 Å². The first-order chi connectivity index (χ1) is 21.5. The number of nitrogens with zero attached hydrogens (tertiary/aromatic N) is 2. The maximum absolute atomic E-state index is 14.5. The van der Waals surface area contributed by atoms with Crippen molar-refractivity contribution in [1.29, 1.82) is 0 Å². The Morgan fingerprint density at radius 3 is 2.17 bits per heavy atom. The van der Waals surface area contributed by atoms with Gasteiger partial charge in [0, 0.05) is 31.5 Å². The van der Waals surface area contributed by atoms with Gasteiger partial charge in [0.25, 0.3) is 5.91 Å². The number of amides is 2. The van der Waals surface area contributed by atoms with Crippen molar-refractivity contribution < 1.29 is 40.7 Å². The highest BCUT2D eigenvalue weighted by molar-refractivity contribution is 7.87. The smallest absolute Gasteiger partial charge is 0.416 e. The molecular weight excluding hydrogens is 623 g/mol. The van der Waals surface area contributed by atoms with Crippen molar-refractivity contribution in [3.8, 4) is 5.75 Å². The molecule has 2 aromatic carbocycles. The van der Waals surface area contributed by atoms with E-state index in [0.29, 0.717) is 18.4 Å². The third-order valence-corrected chi connectivity index (χ3v) is 10.4. The van der Waals surface area contributed by atoms with Crippen LogP contribution in [0.25, 0.3) is 0 Å². The topological polar surface area (TPSA) is 105 Å². The third kappa shape index (κ3) is 7.69. The van der Waals surface area contributed by atoms with E-state index < -0.39 is 57.4 Å². The summed E-state index contributed by atoms with van der Waals surface area (Å²) in [5.74, 6) is -2.09. The van der Waals surface area contributed by atoms with Crippen LogP contribution in [0.15, 0.2) is 48.5 Å². The van der Waals surface area contributed by atoms with Gasteiger partial charge in [-0.1, -0.05) is 70.4 Å². The van der Waals surface area contributed by atoms with Crippen LogP contribution in [-0.4, -0.2) is 62.8 Å². The molecule has 0 aromatic heterocycles. The van der Waals surface area contributed by atoms with E-state index in [9.17, 15) is 31.2 Å². The lowest BCUT2D eigenvalue weighted by Gasteiger charge is -2.37. The van der Waals surface area contributed by atoms with E-state index in [4.69, 9.17) is 9.47 Å². The fourth-order valence-electron chi connectivity index (χ4n) is 6.70. The first kappa shape index (κ1) is 35.7. The molecule has 1 aliphatic carbocycles. The van der Waals surface area contributed by atoms with Gasteiger partial charge in [0.2, 0.25) is 5.91 Å². The number of nitrogens with one attached hydrogen (secondary N) is 1. The van der Waals surface area contributed by atoms with Crippen LogP contribution in [0.2, 0.25) is 0 Å². The molecule has 9 nitrogen and oxygen atoms in total. The predicted molar refractivity (Wildman–Crippen MR) is 167 cm³/mol. The second-order valence-corrected chi connectivity index (χ2v) is 15.2. The second-order valence-electron chi connectivity index (χ2n) is 13.3. The summed E-state index contributed by atoms with van der Waals surface area (Å²) in [4.78, 5) is 30.2. The van der Waals surface area contributed by atoms with Crippen molar-refractivity contribution in [3.63, 3.8) is 0 Å². The minimum Gasteiger partial charge on any atom is -0.496 e. The number of rotatable bonds is 9. The molecular formula is C33H44F3N3O6S. The normalized spacial score (nSPS) is 23.0. The maximum Gasteiger partial charge on any atom is 0.416 e. The van der Waals surface area contributed by atoms with Crippen LogP contribution >= 0.6 is 0 Å². The Balaban J connectivity index is 1.88. The highest BCUT2D eigenvalue weighted by Crippen LogP contribution is 2.51. The summed E-state index contributed by atoms with van der Waals surface area (Å²) < 4.78 is 81.8. The molecule has 1 aliphatic heterocycles. The number of ether oxygens (including phenoxy) is 2. The van der Waals surface area contributed by atoms with Crippen LogP contribution in [-0.2, 0) is 37.3 Å². The van der Waals surface area contributed by atoms with E-state index in [1.807, 2.05) is 39.0 Å². The van der Waals surface area contributed by atoms with E-state index >= 15 is 0 Å². The zero-order valence-electron chi connectivity index (χ0n) is 27.1. The summed E-state index contributed by atoms with van der Waals surface area (Å²) in [5, 5.41) is 0. The standard InChI is InChI=1S/C33H44F3N3O6S/c1-32(2,3)26-28(30(40)37-46(42,43)38(4)5)39(31(41)22-15-11-8-12-16-22)27(21-13-9-7-10-14-21)29(26)45-20-23-19-24(33(34,35)36)17-18-25(23)44-6/h7,9-10,13-14,17-19,22,26-29H,8,11-12,15-16,20H2,1-6H3,(H,37,40)/t26-,27+,28+,29+/m1/s1. The van der Waals surface area contributed by atoms with Gasteiger partial charge < -0.3 is 14.4 Å². The number of likely N-dealkylation sites (tertiary alicyclic amines) is 1. The van der Waals surface area contributed by atoms with Gasteiger partial charge in [-0.15, -0.1) is 0 Å². The Morgan fingerprint density at radius 2 is 1.63 bits per heavy atom. The number of hydrogen-bond donors (Lipinski definition) is 1. The molecule has 13 heteroatoms. The monoisotopic (exact) mass is 667 g/mol. The quantitative estimate of drug-likeness (QED) is 0.367. The Kier molecular flexibility index (Phi) is 10.8. The van der Waals surface area contributed by atoms with Crippen LogP contribution in [0.1, 0.15) is 75.6 Å². The molecule has 4 atom stereocenters. The minimum atomic E-state index is -4.60. The molecule has 4 rings (SSSR count). The largest absolute Gasteiger partial charge is 0.496 e. The molecule has 1 N–H and O–H groups in total. The van der Waals surface area contributed by atoms with E-state index in [0.717, 1.165) is 35.7 Å². The van der Waals surface area contributed by atoms with Crippen LogP contribution in [0, 0.1) is 17.3 Å². The number of benzene rings is 2. The summed E-state index contributed by atoms with van der Waals surface area (Å²) in [7, 11) is -0.300. The first-order valence-corrected chi connectivity index (χ1v) is 16.9. The number of carbonyl (C=O) groups is 2. The molecule has 1 saturated heterocycles. The number of alkyl halides is 3. The summed E-state index contributed by atoms with van der Waals surface area (Å²) in [6, 6.07) is 10.0. The summed E-state index contributed by atoms with van der Waals surface area (Å²) in [6.45, 7) is 5.30. The van der Waals surface area contributed by atoms with Crippen molar-refractivity contribution in [2.24, 2.45) is 17.3 Å². The number of methoxy groups -OCH3 is 1. The molecule has 0 spiro atoms. The third-order valence-electron chi connectivity index (χ3n) is 8.97. The molecule has 0 radical (unpaired) electrons. The van der Waals surface area contributed by atoms with E-state index in [2.05, 4.69) is 4.72 Å². The van der Waals surface area contributed by atoms with E-state index in [1.165, 1.54) is 32.2 Å². The van der Waals surface area contributed by atoms with Gasteiger partial charge in [0.1, 0.15) is 11.8 Å². The highest BCUT2D eigenvalue weighted by Gasteiger charge is 2.59. The average molecular weight is 668 g/mol. The van der Waals surface area contributed by atoms with Crippen LogP contribution < -0.4 is 9.46 Å².